The summed E-state index contributed by atoms with van der Waals surface area (Å²) in [6.07, 6.45) is 3.04. The molecule has 0 unspecified atom stereocenters. The molecule has 1 aromatic rings. The van der Waals surface area contributed by atoms with Gasteiger partial charge in [-0.05, 0) is 25.5 Å². The van der Waals surface area contributed by atoms with Crippen molar-refractivity contribution < 1.29 is 14.7 Å². The van der Waals surface area contributed by atoms with Crippen molar-refractivity contribution in [2.45, 2.75) is 19.4 Å². The lowest BCUT2D eigenvalue weighted by Gasteiger charge is -2.30. The van der Waals surface area contributed by atoms with Crippen molar-refractivity contribution in [3.05, 3.63) is 42.0 Å². The van der Waals surface area contributed by atoms with Gasteiger partial charge in [-0.2, -0.15) is 0 Å². The van der Waals surface area contributed by atoms with Gasteiger partial charge < -0.3 is 10.0 Å². The molecule has 18 heavy (non-hydrogen) atoms. The zero-order valence-corrected chi connectivity index (χ0v) is 10.8. The second-order valence-electron chi connectivity index (χ2n) is 4.51. The molecule has 1 N–H and O–H groups in total. The molecule has 0 fully saturated rings. The van der Waals surface area contributed by atoms with Crippen LogP contribution in [0.15, 0.2) is 36.4 Å². The Hall–Kier alpha value is -2.10. The first kappa shape index (κ1) is 14.0. The highest BCUT2D eigenvalue weighted by Crippen LogP contribution is 2.13. The lowest BCUT2D eigenvalue weighted by Crippen LogP contribution is -2.50. The maximum atomic E-state index is 11.8. The maximum Gasteiger partial charge on any atom is 0.329 e. The van der Waals surface area contributed by atoms with Crippen molar-refractivity contribution in [1.29, 1.82) is 0 Å². The summed E-state index contributed by atoms with van der Waals surface area (Å²) in [7, 11) is 1.48. The summed E-state index contributed by atoms with van der Waals surface area (Å²) in [5.74, 6) is -1.38. The van der Waals surface area contributed by atoms with Gasteiger partial charge in [0.15, 0.2) is 0 Å². The summed E-state index contributed by atoms with van der Waals surface area (Å²) in [6.45, 7) is 2.98. The van der Waals surface area contributed by atoms with Crippen molar-refractivity contribution >= 4 is 18.0 Å². The summed E-state index contributed by atoms with van der Waals surface area (Å²) in [5, 5.41) is 9.03. The second kappa shape index (κ2) is 5.49. The normalized spacial score (nSPS) is 11.5. The summed E-state index contributed by atoms with van der Waals surface area (Å²) in [4.78, 5) is 24.1. The molecular weight excluding hydrogens is 230 g/mol. The van der Waals surface area contributed by atoms with Crippen LogP contribution in [0.2, 0.25) is 0 Å². The van der Waals surface area contributed by atoms with Gasteiger partial charge in [-0.1, -0.05) is 30.3 Å². The zero-order chi connectivity index (χ0) is 13.8. The van der Waals surface area contributed by atoms with Crippen molar-refractivity contribution in [2.24, 2.45) is 0 Å². The van der Waals surface area contributed by atoms with E-state index in [0.717, 1.165) is 5.56 Å². The van der Waals surface area contributed by atoms with E-state index in [1.54, 1.807) is 6.08 Å². The van der Waals surface area contributed by atoms with E-state index in [2.05, 4.69) is 0 Å². The van der Waals surface area contributed by atoms with E-state index >= 15 is 0 Å². The number of carboxylic acids is 1. The Bertz CT molecular complexity index is 463. The molecule has 1 amide bonds. The van der Waals surface area contributed by atoms with E-state index in [4.69, 9.17) is 5.11 Å². The van der Waals surface area contributed by atoms with Gasteiger partial charge in [0.05, 0.1) is 0 Å². The van der Waals surface area contributed by atoms with Gasteiger partial charge in [0, 0.05) is 13.1 Å². The largest absolute Gasteiger partial charge is 0.480 e. The third-order valence-electron chi connectivity index (χ3n) is 2.91. The number of carbonyl (C=O) groups is 2. The van der Waals surface area contributed by atoms with Gasteiger partial charge in [0.1, 0.15) is 5.54 Å². The molecule has 0 radical (unpaired) electrons. The van der Waals surface area contributed by atoms with Crippen molar-refractivity contribution in [3.63, 3.8) is 0 Å². The molecule has 0 saturated carbocycles. The first-order valence-electron chi connectivity index (χ1n) is 5.60. The number of aliphatic carboxylic acids is 1. The van der Waals surface area contributed by atoms with Crippen LogP contribution in [0.3, 0.4) is 0 Å². The minimum Gasteiger partial charge on any atom is -0.480 e. The number of carboxylic acid groups (broad SMARTS) is 1. The molecule has 0 aromatic heterocycles. The molecule has 4 nitrogen and oxygen atoms in total. The summed E-state index contributed by atoms with van der Waals surface area (Å²) < 4.78 is 0. The van der Waals surface area contributed by atoms with Gasteiger partial charge in [0.2, 0.25) is 5.91 Å². The van der Waals surface area contributed by atoms with Crippen molar-refractivity contribution in [1.82, 2.24) is 4.90 Å². The SMILES string of the molecule is CN(C(=O)/C=C/c1ccccc1)C(C)(C)C(=O)O. The minimum absolute atomic E-state index is 0.341. The fraction of sp³-hybridized carbons (Fsp3) is 0.286. The van der Waals surface area contributed by atoms with Crippen LogP contribution in [0.5, 0.6) is 0 Å². The molecule has 0 aliphatic carbocycles. The van der Waals surface area contributed by atoms with Crippen molar-refractivity contribution in [3.8, 4) is 0 Å². The molecular formula is C14H17NO3. The average Bonchev–Trinajstić information content (AvgIpc) is 2.36. The van der Waals surface area contributed by atoms with Gasteiger partial charge in [-0.25, -0.2) is 4.79 Å². The molecule has 0 spiro atoms. The molecule has 0 aliphatic rings. The number of hydrogen-bond donors (Lipinski definition) is 1. The first-order chi connectivity index (χ1) is 8.35. The Kier molecular flexibility index (Phi) is 4.26. The lowest BCUT2D eigenvalue weighted by molar-refractivity contribution is -0.153. The van der Waals surface area contributed by atoms with Crippen LogP contribution in [-0.4, -0.2) is 34.5 Å². The molecule has 96 valence electrons. The van der Waals surface area contributed by atoms with Gasteiger partial charge in [0.25, 0.3) is 0 Å². The number of amides is 1. The van der Waals surface area contributed by atoms with Crippen LogP contribution >= 0.6 is 0 Å². The molecule has 1 rings (SSSR count). The Morgan fingerprint density at radius 2 is 1.78 bits per heavy atom. The van der Waals surface area contributed by atoms with Crippen LogP contribution in [0.4, 0.5) is 0 Å². The quantitative estimate of drug-likeness (QED) is 0.828. The van der Waals surface area contributed by atoms with Crippen LogP contribution < -0.4 is 0 Å². The standard InChI is InChI=1S/C14H17NO3/c1-14(2,13(17)18)15(3)12(16)10-9-11-7-5-4-6-8-11/h4-10H,1-3H3,(H,17,18)/b10-9+. The lowest BCUT2D eigenvalue weighted by atomic mass is 10.0. The molecule has 4 heteroatoms. The van der Waals surface area contributed by atoms with E-state index < -0.39 is 11.5 Å². The van der Waals surface area contributed by atoms with E-state index in [1.165, 1.54) is 31.9 Å². The smallest absolute Gasteiger partial charge is 0.329 e. The Morgan fingerprint density at radius 3 is 2.28 bits per heavy atom. The predicted octanol–water partition coefficient (Wildman–Crippen LogP) is 2.02. The minimum atomic E-state index is -1.22. The van der Waals surface area contributed by atoms with Crippen molar-refractivity contribution in [2.75, 3.05) is 7.05 Å². The molecule has 0 bridgehead atoms. The van der Waals surface area contributed by atoms with Gasteiger partial charge in [-0.3, -0.25) is 4.79 Å². The van der Waals surface area contributed by atoms with Crippen LogP contribution in [0, 0.1) is 0 Å². The molecule has 1 aromatic carbocycles. The predicted molar refractivity (Wildman–Crippen MR) is 70.0 cm³/mol. The summed E-state index contributed by atoms with van der Waals surface area (Å²) in [5.41, 5.74) is -0.328. The van der Waals surface area contributed by atoms with E-state index in [0.29, 0.717) is 0 Å². The Morgan fingerprint density at radius 1 is 1.22 bits per heavy atom. The van der Waals surface area contributed by atoms with Gasteiger partial charge >= 0.3 is 5.97 Å². The number of rotatable bonds is 4. The van der Waals surface area contributed by atoms with Crippen LogP contribution in [0.25, 0.3) is 6.08 Å². The third kappa shape index (κ3) is 3.20. The number of hydrogen-bond acceptors (Lipinski definition) is 2. The second-order valence-corrected chi connectivity index (χ2v) is 4.51. The summed E-state index contributed by atoms with van der Waals surface area (Å²) >= 11 is 0. The zero-order valence-electron chi connectivity index (χ0n) is 10.8. The Balaban J connectivity index is 2.78. The summed E-state index contributed by atoms with van der Waals surface area (Å²) in [6, 6.07) is 9.36. The number of nitrogens with zero attached hydrogens (tertiary/aromatic N) is 1. The van der Waals surface area contributed by atoms with Crippen LogP contribution in [0.1, 0.15) is 19.4 Å². The highest BCUT2D eigenvalue weighted by atomic mass is 16.4. The molecule has 0 saturated heterocycles. The Labute approximate surface area is 107 Å². The molecule has 0 atom stereocenters. The highest BCUT2D eigenvalue weighted by Gasteiger charge is 2.34. The van der Waals surface area contributed by atoms with E-state index in [1.807, 2.05) is 30.3 Å². The average molecular weight is 247 g/mol. The maximum absolute atomic E-state index is 11.8. The number of carbonyl (C=O) groups excluding carboxylic acids is 1. The number of likely N-dealkylation sites (N-methyl/N-ethyl adjacent to an activating group) is 1. The highest BCUT2D eigenvalue weighted by molar-refractivity contribution is 5.95. The molecule has 0 heterocycles. The van der Waals surface area contributed by atoms with E-state index in [-0.39, 0.29) is 5.91 Å². The first-order valence-corrected chi connectivity index (χ1v) is 5.60. The van der Waals surface area contributed by atoms with E-state index in [9.17, 15) is 9.59 Å². The van der Waals surface area contributed by atoms with Crippen LogP contribution in [-0.2, 0) is 9.59 Å². The fourth-order valence-corrected chi connectivity index (χ4v) is 1.26. The fourth-order valence-electron chi connectivity index (χ4n) is 1.26. The monoisotopic (exact) mass is 247 g/mol. The molecule has 0 aliphatic heterocycles. The van der Waals surface area contributed by atoms with Gasteiger partial charge in [-0.15, -0.1) is 0 Å². The topological polar surface area (TPSA) is 57.6 Å². The number of benzene rings is 1. The third-order valence-corrected chi connectivity index (χ3v) is 2.91.